The number of aromatic hydroxyl groups is 1. The number of carbonyl (C=O) groups is 1. The summed E-state index contributed by atoms with van der Waals surface area (Å²) in [6.07, 6.45) is 4.06. The summed E-state index contributed by atoms with van der Waals surface area (Å²) in [7, 11) is 0. The zero-order chi connectivity index (χ0) is 19.7. The number of phenols is 1. The molecule has 4 N–H and O–H groups in total. The molecule has 1 saturated carbocycles. The third-order valence-corrected chi connectivity index (χ3v) is 5.01. The Balaban J connectivity index is 1.60. The molecular weight excluding hydrogens is 361 g/mol. The molecule has 0 spiro atoms. The highest BCUT2D eigenvalue weighted by Crippen LogP contribution is 2.43. The molecule has 1 aromatic carbocycles. The molecule has 1 aliphatic rings. The second kappa shape index (κ2) is 6.88. The first kappa shape index (κ1) is 17.8. The molecule has 0 atom stereocenters. The maximum Gasteiger partial charge on any atom is 0.252 e. The Kier molecular flexibility index (Phi) is 4.38. The fraction of sp³-hybridized carbons (Fsp3) is 0.200. The molecule has 0 unspecified atom stereocenters. The van der Waals surface area contributed by atoms with E-state index in [9.17, 15) is 14.3 Å². The molecule has 0 saturated heterocycles. The van der Waals surface area contributed by atoms with Crippen molar-refractivity contribution in [3.05, 3.63) is 65.7 Å². The van der Waals surface area contributed by atoms with Gasteiger partial charge in [-0.05, 0) is 61.7 Å². The summed E-state index contributed by atoms with van der Waals surface area (Å²) in [6.45, 7) is 0. The van der Waals surface area contributed by atoms with Gasteiger partial charge in [0, 0.05) is 11.8 Å². The number of halogens is 1. The number of carbonyl (C=O) groups excluding carboxylic acids is 1. The van der Waals surface area contributed by atoms with Crippen LogP contribution in [0.3, 0.4) is 0 Å². The van der Waals surface area contributed by atoms with Crippen LogP contribution in [0, 0.1) is 5.82 Å². The summed E-state index contributed by atoms with van der Waals surface area (Å²) >= 11 is 0. The average molecular weight is 379 g/mol. The third kappa shape index (κ3) is 3.13. The molecule has 1 aliphatic carbocycles. The van der Waals surface area contributed by atoms with Crippen LogP contribution in [0.5, 0.6) is 5.75 Å². The van der Waals surface area contributed by atoms with E-state index in [2.05, 4.69) is 20.5 Å². The van der Waals surface area contributed by atoms with E-state index in [1.807, 2.05) is 0 Å². The first-order valence-corrected chi connectivity index (χ1v) is 8.85. The minimum absolute atomic E-state index is 0.0144. The molecule has 28 heavy (non-hydrogen) atoms. The molecule has 0 aliphatic heterocycles. The van der Waals surface area contributed by atoms with Gasteiger partial charge < -0.3 is 16.2 Å². The van der Waals surface area contributed by atoms with Crippen molar-refractivity contribution in [2.24, 2.45) is 5.73 Å². The van der Waals surface area contributed by atoms with Crippen LogP contribution in [0.4, 0.5) is 10.2 Å². The first-order chi connectivity index (χ1) is 13.5. The van der Waals surface area contributed by atoms with E-state index < -0.39 is 11.4 Å². The van der Waals surface area contributed by atoms with E-state index in [1.165, 1.54) is 18.2 Å². The highest BCUT2D eigenvalue weighted by atomic mass is 19.1. The number of primary amides is 1. The molecule has 1 amide bonds. The highest BCUT2D eigenvalue weighted by Gasteiger charge is 2.42. The van der Waals surface area contributed by atoms with Crippen LogP contribution in [-0.4, -0.2) is 26.2 Å². The van der Waals surface area contributed by atoms with Gasteiger partial charge >= 0.3 is 0 Å². The standard InChI is InChI=1S/C20H18FN5O2/c21-14-3-1-10-23-18(14)20(8-2-9-20)24-17-7-5-15(25-26-17)12-4-6-16(27)13(11-12)19(22)28/h1,3-7,10-11,27H,2,8-9H2,(H2,22,28)(H,24,26). The van der Waals surface area contributed by atoms with Gasteiger partial charge in [0.1, 0.15) is 23.1 Å². The van der Waals surface area contributed by atoms with Crippen molar-refractivity contribution in [2.75, 3.05) is 5.32 Å². The predicted octanol–water partition coefficient (Wildman–Crippen LogP) is 2.97. The van der Waals surface area contributed by atoms with E-state index in [0.717, 1.165) is 19.3 Å². The van der Waals surface area contributed by atoms with E-state index >= 15 is 0 Å². The number of nitrogens with two attached hydrogens (primary N) is 1. The van der Waals surface area contributed by atoms with Crippen molar-refractivity contribution in [3.8, 4) is 17.0 Å². The van der Waals surface area contributed by atoms with Gasteiger partial charge in [0.2, 0.25) is 0 Å². The van der Waals surface area contributed by atoms with Gasteiger partial charge in [0.25, 0.3) is 5.91 Å². The van der Waals surface area contributed by atoms with Gasteiger partial charge in [-0.1, -0.05) is 0 Å². The maximum atomic E-state index is 14.2. The second-order valence-corrected chi connectivity index (χ2v) is 6.79. The molecule has 3 aromatic rings. The molecule has 8 heteroatoms. The van der Waals surface area contributed by atoms with E-state index in [4.69, 9.17) is 5.73 Å². The van der Waals surface area contributed by atoms with Crippen molar-refractivity contribution in [1.82, 2.24) is 15.2 Å². The fourth-order valence-corrected chi connectivity index (χ4v) is 3.38. The van der Waals surface area contributed by atoms with Crippen LogP contribution in [0.1, 0.15) is 35.3 Å². The number of pyridine rings is 1. The number of hydrogen-bond donors (Lipinski definition) is 3. The Morgan fingerprint density at radius 2 is 2.00 bits per heavy atom. The van der Waals surface area contributed by atoms with Crippen molar-refractivity contribution in [1.29, 1.82) is 0 Å². The molecule has 142 valence electrons. The summed E-state index contributed by atoms with van der Waals surface area (Å²) in [5.74, 6) is -0.758. The van der Waals surface area contributed by atoms with Crippen molar-refractivity contribution in [2.45, 2.75) is 24.8 Å². The quantitative estimate of drug-likeness (QED) is 0.628. The third-order valence-electron chi connectivity index (χ3n) is 5.01. The van der Waals surface area contributed by atoms with Crippen LogP contribution in [0.25, 0.3) is 11.3 Å². The SMILES string of the molecule is NC(=O)c1cc(-c2ccc(NC3(c4ncccc4F)CCC3)nn2)ccc1O. The lowest BCUT2D eigenvalue weighted by molar-refractivity contribution is 0.0998. The van der Waals surface area contributed by atoms with Gasteiger partial charge in [0.05, 0.1) is 16.8 Å². The molecular formula is C20H18FN5O2. The summed E-state index contributed by atoms with van der Waals surface area (Å²) < 4.78 is 14.2. The Hall–Kier alpha value is -3.55. The van der Waals surface area contributed by atoms with E-state index in [1.54, 1.807) is 30.5 Å². The number of amides is 1. The zero-order valence-electron chi connectivity index (χ0n) is 14.9. The molecule has 0 bridgehead atoms. The maximum absolute atomic E-state index is 14.2. The van der Waals surface area contributed by atoms with Crippen molar-refractivity contribution >= 4 is 11.7 Å². The fourth-order valence-electron chi connectivity index (χ4n) is 3.38. The van der Waals surface area contributed by atoms with Crippen LogP contribution >= 0.6 is 0 Å². The number of nitrogens with zero attached hydrogens (tertiary/aromatic N) is 3. The smallest absolute Gasteiger partial charge is 0.252 e. The topological polar surface area (TPSA) is 114 Å². The molecule has 7 nitrogen and oxygen atoms in total. The van der Waals surface area contributed by atoms with Gasteiger partial charge in [-0.2, -0.15) is 0 Å². The summed E-state index contributed by atoms with van der Waals surface area (Å²) in [4.78, 5) is 15.6. The van der Waals surface area contributed by atoms with E-state index in [-0.39, 0.29) is 17.1 Å². The van der Waals surface area contributed by atoms with Crippen LogP contribution in [0.2, 0.25) is 0 Å². The lowest BCUT2D eigenvalue weighted by Crippen LogP contribution is -2.43. The van der Waals surface area contributed by atoms with Crippen molar-refractivity contribution < 1.29 is 14.3 Å². The Morgan fingerprint density at radius 1 is 1.18 bits per heavy atom. The van der Waals surface area contributed by atoms with Gasteiger partial charge in [-0.25, -0.2) is 4.39 Å². The van der Waals surface area contributed by atoms with Gasteiger partial charge in [-0.3, -0.25) is 9.78 Å². The van der Waals surface area contributed by atoms with Crippen LogP contribution in [-0.2, 0) is 5.54 Å². The summed E-state index contributed by atoms with van der Waals surface area (Å²) in [5.41, 5.74) is 6.19. The lowest BCUT2D eigenvalue weighted by atomic mass is 9.74. The molecule has 0 radical (unpaired) electrons. The number of rotatable bonds is 5. The number of anilines is 1. The number of nitrogens with one attached hydrogen (secondary N) is 1. The molecule has 2 heterocycles. The predicted molar refractivity (Wildman–Crippen MR) is 101 cm³/mol. The summed E-state index contributed by atoms with van der Waals surface area (Å²) in [5, 5.41) is 21.3. The number of aromatic nitrogens is 3. The lowest BCUT2D eigenvalue weighted by Gasteiger charge is -2.42. The van der Waals surface area contributed by atoms with Gasteiger partial charge in [0.15, 0.2) is 0 Å². The normalized spacial score (nSPS) is 14.9. The minimum Gasteiger partial charge on any atom is -0.507 e. The molecule has 1 fully saturated rings. The summed E-state index contributed by atoms with van der Waals surface area (Å²) in [6, 6.07) is 10.9. The van der Waals surface area contributed by atoms with E-state index in [0.29, 0.717) is 22.8 Å². The van der Waals surface area contributed by atoms with Gasteiger partial charge in [-0.15, -0.1) is 10.2 Å². The molecule has 2 aromatic heterocycles. The number of benzene rings is 1. The minimum atomic E-state index is -0.727. The van der Waals surface area contributed by atoms with Crippen LogP contribution < -0.4 is 11.1 Å². The van der Waals surface area contributed by atoms with Crippen molar-refractivity contribution in [3.63, 3.8) is 0 Å². The Bertz CT molecular complexity index is 1040. The molecule has 4 rings (SSSR count). The highest BCUT2D eigenvalue weighted by molar-refractivity contribution is 5.96. The second-order valence-electron chi connectivity index (χ2n) is 6.79. The Morgan fingerprint density at radius 3 is 2.61 bits per heavy atom. The number of hydrogen-bond acceptors (Lipinski definition) is 6. The van der Waals surface area contributed by atoms with Crippen LogP contribution in [0.15, 0.2) is 48.7 Å². The average Bonchev–Trinajstić information content (AvgIpc) is 2.66. The monoisotopic (exact) mass is 379 g/mol. The first-order valence-electron chi connectivity index (χ1n) is 8.85. The Labute approximate surface area is 160 Å². The largest absolute Gasteiger partial charge is 0.507 e. The zero-order valence-corrected chi connectivity index (χ0v) is 14.9.